The van der Waals surface area contributed by atoms with Crippen molar-refractivity contribution in [1.29, 1.82) is 0 Å². The van der Waals surface area contributed by atoms with Crippen molar-refractivity contribution in [3.63, 3.8) is 0 Å². The SMILES string of the molecule is COC(=O)C1CNC(c2ccccc2N2CCCOCC2)O1. The lowest BCUT2D eigenvalue weighted by atomic mass is 10.1. The van der Waals surface area contributed by atoms with Gasteiger partial charge in [0.25, 0.3) is 0 Å². The van der Waals surface area contributed by atoms with Gasteiger partial charge in [-0.3, -0.25) is 5.32 Å². The minimum Gasteiger partial charge on any atom is -0.467 e. The first kappa shape index (κ1) is 15.3. The zero-order valence-electron chi connectivity index (χ0n) is 12.8. The fourth-order valence-electron chi connectivity index (χ4n) is 2.91. The number of hydrogen-bond donors (Lipinski definition) is 1. The van der Waals surface area contributed by atoms with Gasteiger partial charge in [0.15, 0.2) is 6.10 Å². The second-order valence-corrected chi connectivity index (χ2v) is 5.45. The molecule has 1 aromatic rings. The Morgan fingerprint density at radius 1 is 1.32 bits per heavy atom. The topological polar surface area (TPSA) is 60.0 Å². The molecule has 1 aromatic carbocycles. The molecule has 0 aromatic heterocycles. The van der Waals surface area contributed by atoms with Crippen molar-refractivity contribution in [2.75, 3.05) is 44.9 Å². The van der Waals surface area contributed by atoms with Gasteiger partial charge in [0, 0.05) is 37.5 Å². The van der Waals surface area contributed by atoms with E-state index in [2.05, 4.69) is 16.3 Å². The number of hydrogen-bond acceptors (Lipinski definition) is 6. The Hall–Kier alpha value is -1.63. The highest BCUT2D eigenvalue weighted by Gasteiger charge is 2.33. The second-order valence-electron chi connectivity index (χ2n) is 5.45. The lowest BCUT2D eigenvalue weighted by Crippen LogP contribution is -2.28. The van der Waals surface area contributed by atoms with Gasteiger partial charge < -0.3 is 19.1 Å². The van der Waals surface area contributed by atoms with Gasteiger partial charge in [-0.1, -0.05) is 18.2 Å². The maximum atomic E-state index is 11.6. The third-order valence-corrected chi connectivity index (χ3v) is 4.04. The Morgan fingerprint density at radius 2 is 2.18 bits per heavy atom. The van der Waals surface area contributed by atoms with Crippen LogP contribution in [0.1, 0.15) is 18.2 Å². The van der Waals surface area contributed by atoms with E-state index in [1.807, 2.05) is 18.2 Å². The smallest absolute Gasteiger partial charge is 0.336 e. The average molecular weight is 306 g/mol. The van der Waals surface area contributed by atoms with Crippen molar-refractivity contribution >= 4 is 11.7 Å². The number of nitrogens with one attached hydrogen (secondary N) is 1. The van der Waals surface area contributed by atoms with Crippen LogP contribution >= 0.6 is 0 Å². The molecule has 6 nitrogen and oxygen atoms in total. The van der Waals surface area contributed by atoms with Crippen molar-refractivity contribution in [2.45, 2.75) is 18.8 Å². The van der Waals surface area contributed by atoms with Gasteiger partial charge in [-0.25, -0.2) is 4.79 Å². The van der Waals surface area contributed by atoms with Crippen LogP contribution in [0, 0.1) is 0 Å². The minimum absolute atomic E-state index is 0.288. The van der Waals surface area contributed by atoms with Crippen LogP contribution in [0.5, 0.6) is 0 Å². The number of nitrogens with zero attached hydrogens (tertiary/aromatic N) is 1. The molecule has 0 spiro atoms. The summed E-state index contributed by atoms with van der Waals surface area (Å²) in [6, 6.07) is 8.15. The summed E-state index contributed by atoms with van der Waals surface area (Å²) < 4.78 is 16.1. The summed E-state index contributed by atoms with van der Waals surface area (Å²) in [6.07, 6.45) is 0.179. The number of rotatable bonds is 3. The van der Waals surface area contributed by atoms with E-state index in [9.17, 15) is 4.79 Å². The van der Waals surface area contributed by atoms with E-state index in [1.165, 1.54) is 7.11 Å². The lowest BCUT2D eigenvalue weighted by molar-refractivity contribution is -0.152. The third-order valence-electron chi connectivity index (χ3n) is 4.04. The van der Waals surface area contributed by atoms with Crippen LogP contribution in [0.3, 0.4) is 0 Å². The highest BCUT2D eigenvalue weighted by Crippen LogP contribution is 2.31. The molecule has 0 bridgehead atoms. The second kappa shape index (κ2) is 7.09. The summed E-state index contributed by atoms with van der Waals surface area (Å²) >= 11 is 0. The van der Waals surface area contributed by atoms with Crippen molar-refractivity contribution in [3.05, 3.63) is 29.8 Å². The van der Waals surface area contributed by atoms with Crippen molar-refractivity contribution < 1.29 is 19.0 Å². The van der Waals surface area contributed by atoms with Crippen LogP contribution in [0.2, 0.25) is 0 Å². The molecule has 120 valence electrons. The van der Waals surface area contributed by atoms with E-state index in [4.69, 9.17) is 14.2 Å². The maximum absolute atomic E-state index is 11.6. The molecular weight excluding hydrogens is 284 g/mol. The van der Waals surface area contributed by atoms with Gasteiger partial charge in [-0.15, -0.1) is 0 Å². The molecular formula is C16H22N2O4. The number of carbonyl (C=O) groups excluding carboxylic acids is 1. The molecule has 0 saturated carbocycles. The zero-order valence-corrected chi connectivity index (χ0v) is 12.8. The van der Waals surface area contributed by atoms with Crippen molar-refractivity contribution in [3.8, 4) is 0 Å². The van der Waals surface area contributed by atoms with Crippen LogP contribution in [0.15, 0.2) is 24.3 Å². The van der Waals surface area contributed by atoms with Gasteiger partial charge in [0.1, 0.15) is 6.23 Å². The van der Waals surface area contributed by atoms with Crippen LogP contribution < -0.4 is 10.2 Å². The number of anilines is 1. The number of para-hydroxylation sites is 1. The summed E-state index contributed by atoms with van der Waals surface area (Å²) in [5.74, 6) is -0.337. The van der Waals surface area contributed by atoms with Crippen LogP contribution in [-0.2, 0) is 19.0 Å². The first-order chi connectivity index (χ1) is 10.8. The number of carbonyl (C=O) groups is 1. The third kappa shape index (κ3) is 3.24. The van der Waals surface area contributed by atoms with Crippen LogP contribution in [-0.4, -0.2) is 52.0 Å². The van der Waals surface area contributed by atoms with Gasteiger partial charge in [0.2, 0.25) is 0 Å². The van der Waals surface area contributed by atoms with E-state index in [0.717, 1.165) is 44.0 Å². The highest BCUT2D eigenvalue weighted by atomic mass is 16.6. The molecule has 0 aliphatic carbocycles. The molecule has 0 radical (unpaired) electrons. The first-order valence-electron chi connectivity index (χ1n) is 7.68. The Bertz CT molecular complexity index is 515. The summed E-state index contributed by atoms with van der Waals surface area (Å²) in [5.41, 5.74) is 2.19. The van der Waals surface area contributed by atoms with Gasteiger partial charge >= 0.3 is 5.97 Å². The first-order valence-corrected chi connectivity index (χ1v) is 7.68. The molecule has 2 saturated heterocycles. The van der Waals surface area contributed by atoms with Crippen molar-refractivity contribution in [1.82, 2.24) is 5.32 Å². The maximum Gasteiger partial charge on any atom is 0.336 e. The normalized spacial score (nSPS) is 25.8. The molecule has 22 heavy (non-hydrogen) atoms. The predicted octanol–water partition coefficient (Wildman–Crippen LogP) is 1.07. The van der Waals surface area contributed by atoms with Gasteiger partial charge in [0.05, 0.1) is 13.7 Å². The van der Waals surface area contributed by atoms with Gasteiger partial charge in [-0.2, -0.15) is 0 Å². The summed E-state index contributed by atoms with van der Waals surface area (Å²) in [7, 11) is 1.38. The minimum atomic E-state index is -0.546. The van der Waals surface area contributed by atoms with E-state index in [1.54, 1.807) is 0 Å². The van der Waals surface area contributed by atoms with E-state index >= 15 is 0 Å². The Labute approximate surface area is 130 Å². The molecule has 0 amide bonds. The summed E-state index contributed by atoms with van der Waals surface area (Å²) in [4.78, 5) is 13.9. The molecule has 2 atom stereocenters. The Kier molecular flexibility index (Phi) is 4.92. The summed E-state index contributed by atoms with van der Waals surface area (Å²) in [6.45, 7) is 3.84. The summed E-state index contributed by atoms with van der Waals surface area (Å²) in [5, 5.41) is 3.25. The number of methoxy groups -OCH3 is 1. The largest absolute Gasteiger partial charge is 0.467 e. The molecule has 2 heterocycles. The van der Waals surface area contributed by atoms with Crippen LogP contribution in [0.4, 0.5) is 5.69 Å². The van der Waals surface area contributed by atoms with Gasteiger partial charge in [-0.05, 0) is 12.5 Å². The number of benzene rings is 1. The average Bonchev–Trinajstić information content (AvgIpc) is 2.90. The standard InChI is InChI=1S/C16H22N2O4/c1-20-16(19)14-11-17-15(22-14)12-5-2-3-6-13(12)18-7-4-9-21-10-8-18/h2-3,5-6,14-15,17H,4,7-11H2,1H3. The van der Waals surface area contributed by atoms with Crippen LogP contribution in [0.25, 0.3) is 0 Å². The molecule has 1 N–H and O–H groups in total. The quantitative estimate of drug-likeness (QED) is 0.843. The molecule has 2 aliphatic heterocycles. The van der Waals surface area contributed by atoms with E-state index in [0.29, 0.717) is 6.54 Å². The highest BCUT2D eigenvalue weighted by molar-refractivity contribution is 5.75. The number of ether oxygens (including phenoxy) is 3. The number of esters is 1. The molecule has 3 rings (SSSR count). The van der Waals surface area contributed by atoms with E-state index < -0.39 is 6.10 Å². The molecule has 2 aliphatic rings. The fraction of sp³-hybridized carbons (Fsp3) is 0.562. The molecule has 6 heteroatoms. The lowest BCUT2D eigenvalue weighted by Gasteiger charge is -2.26. The predicted molar refractivity (Wildman–Crippen MR) is 81.7 cm³/mol. The fourth-order valence-corrected chi connectivity index (χ4v) is 2.91. The van der Waals surface area contributed by atoms with Crippen molar-refractivity contribution in [2.24, 2.45) is 0 Å². The molecule has 2 fully saturated rings. The molecule has 2 unspecified atom stereocenters. The Balaban J connectivity index is 1.78. The monoisotopic (exact) mass is 306 g/mol. The Morgan fingerprint density at radius 3 is 3.05 bits per heavy atom. The zero-order chi connectivity index (χ0) is 15.4. The van der Waals surface area contributed by atoms with E-state index in [-0.39, 0.29) is 12.2 Å².